The Morgan fingerprint density at radius 2 is 1.89 bits per heavy atom. The summed E-state index contributed by atoms with van der Waals surface area (Å²) in [6, 6.07) is 16.4. The smallest absolute Gasteiger partial charge is 0.187 e. The molecule has 0 aliphatic carbocycles. The quantitative estimate of drug-likeness (QED) is 0.215. The van der Waals surface area contributed by atoms with Crippen molar-refractivity contribution in [1.82, 2.24) is 9.97 Å². The van der Waals surface area contributed by atoms with E-state index in [0.29, 0.717) is 39.1 Å². The molecule has 0 spiro atoms. The van der Waals surface area contributed by atoms with Crippen LogP contribution in [0.1, 0.15) is 28.8 Å². The molecule has 0 aliphatic rings. The number of nitrogens with zero attached hydrogens (tertiary/aromatic N) is 4. The highest BCUT2D eigenvalue weighted by Crippen LogP contribution is 2.37. The summed E-state index contributed by atoms with van der Waals surface area (Å²) in [7, 11) is 1.41. The molecule has 0 unspecified atom stereocenters. The van der Waals surface area contributed by atoms with Crippen LogP contribution in [0.4, 0.5) is 21.0 Å². The van der Waals surface area contributed by atoms with Gasteiger partial charge in [0.1, 0.15) is 28.5 Å². The first kappa shape index (κ1) is 26.9. The number of nitrogens with two attached hydrogens (primary N) is 1. The first-order valence-corrected chi connectivity index (χ1v) is 13.4. The molecule has 0 saturated heterocycles. The molecule has 4 aromatic rings. The van der Waals surface area contributed by atoms with Crippen molar-refractivity contribution in [1.29, 1.82) is 10.5 Å². The lowest BCUT2D eigenvalue weighted by molar-refractivity contribution is 0.288. The average molecular weight is 547 g/mol. The molecule has 0 aliphatic heterocycles. The van der Waals surface area contributed by atoms with E-state index in [1.165, 1.54) is 42.3 Å². The minimum absolute atomic E-state index is 0.0514. The second-order valence-electron chi connectivity index (χ2n) is 8.08. The summed E-state index contributed by atoms with van der Waals surface area (Å²) in [5, 5.41) is 34.8. The van der Waals surface area contributed by atoms with Gasteiger partial charge in [-0.2, -0.15) is 10.5 Å². The number of anilines is 3. The molecule has 192 valence electrons. The van der Waals surface area contributed by atoms with Crippen LogP contribution in [0.3, 0.4) is 0 Å². The van der Waals surface area contributed by atoms with Crippen molar-refractivity contribution in [3.8, 4) is 29.0 Å². The number of benzene rings is 2. The second-order valence-corrected chi connectivity index (χ2v) is 9.90. The number of aromatic nitrogens is 2. The summed E-state index contributed by atoms with van der Waals surface area (Å²) in [4.78, 5) is 8.89. The number of hydrogen-bond acceptors (Lipinski definition) is 10. The van der Waals surface area contributed by atoms with E-state index >= 15 is 0 Å². The molecule has 2 aromatic heterocycles. The van der Waals surface area contributed by atoms with E-state index in [2.05, 4.69) is 27.4 Å². The molecule has 0 amide bonds. The van der Waals surface area contributed by atoms with Crippen molar-refractivity contribution < 1.29 is 14.2 Å². The summed E-state index contributed by atoms with van der Waals surface area (Å²) >= 11 is 2.66. The molecule has 2 aromatic carbocycles. The number of aliphatic hydroxyl groups is 1. The number of thiazole rings is 1. The lowest BCUT2D eigenvalue weighted by atomic mass is 9.95. The number of thioether (sulfide) groups is 1. The number of aryl methyl sites for hydroxylation is 1. The third-order valence-electron chi connectivity index (χ3n) is 5.59. The van der Waals surface area contributed by atoms with Crippen LogP contribution in [0, 0.1) is 28.5 Å². The summed E-state index contributed by atoms with van der Waals surface area (Å²) < 4.78 is 18.9. The minimum atomic E-state index is -0.478. The highest BCUT2D eigenvalue weighted by molar-refractivity contribution is 7.98. The Morgan fingerprint density at radius 3 is 2.55 bits per heavy atom. The zero-order valence-electron chi connectivity index (χ0n) is 20.4. The van der Waals surface area contributed by atoms with Crippen LogP contribution < -0.4 is 15.8 Å². The van der Waals surface area contributed by atoms with Crippen LogP contribution in [0.25, 0.3) is 11.1 Å². The Bertz CT molecular complexity index is 1530. The van der Waals surface area contributed by atoms with E-state index < -0.39 is 5.82 Å². The molecule has 0 radical (unpaired) electrons. The van der Waals surface area contributed by atoms with Crippen molar-refractivity contribution in [2.75, 3.05) is 24.8 Å². The first-order valence-electron chi connectivity index (χ1n) is 11.5. The average Bonchev–Trinajstić information content (AvgIpc) is 3.37. The van der Waals surface area contributed by atoms with E-state index in [0.717, 1.165) is 17.7 Å². The van der Waals surface area contributed by atoms with Crippen molar-refractivity contribution in [2.24, 2.45) is 0 Å². The van der Waals surface area contributed by atoms with Gasteiger partial charge in [0, 0.05) is 35.1 Å². The van der Waals surface area contributed by atoms with Crippen molar-refractivity contribution >= 4 is 39.7 Å². The maximum Gasteiger partial charge on any atom is 0.187 e. The molecular weight excluding hydrogens is 523 g/mol. The van der Waals surface area contributed by atoms with Crippen LogP contribution in [0.15, 0.2) is 52.9 Å². The Labute approximate surface area is 227 Å². The van der Waals surface area contributed by atoms with Gasteiger partial charge in [0.05, 0.1) is 18.4 Å². The van der Waals surface area contributed by atoms with Crippen molar-refractivity contribution in [2.45, 2.75) is 23.6 Å². The fraction of sp³-hybridized carbons (Fsp3) is 0.185. The highest BCUT2D eigenvalue weighted by Gasteiger charge is 2.21. The minimum Gasteiger partial charge on any atom is -0.494 e. The van der Waals surface area contributed by atoms with Gasteiger partial charge in [-0.1, -0.05) is 36.0 Å². The summed E-state index contributed by atoms with van der Waals surface area (Å²) in [5.74, 6) is 0.137. The fourth-order valence-corrected chi connectivity index (χ4v) is 5.48. The van der Waals surface area contributed by atoms with Crippen molar-refractivity contribution in [3.63, 3.8) is 0 Å². The number of halogens is 1. The van der Waals surface area contributed by atoms with E-state index in [4.69, 9.17) is 15.6 Å². The van der Waals surface area contributed by atoms with Gasteiger partial charge in [-0.05, 0) is 36.1 Å². The number of nitrogens with one attached hydrogen (secondary N) is 1. The van der Waals surface area contributed by atoms with Crippen LogP contribution in [0.5, 0.6) is 5.75 Å². The Kier molecular flexibility index (Phi) is 8.77. The number of methoxy groups -OCH3 is 1. The predicted molar refractivity (Wildman–Crippen MR) is 147 cm³/mol. The lowest BCUT2D eigenvalue weighted by Gasteiger charge is -2.13. The van der Waals surface area contributed by atoms with Gasteiger partial charge in [-0.25, -0.2) is 14.4 Å². The molecule has 0 fully saturated rings. The van der Waals surface area contributed by atoms with Crippen molar-refractivity contribution in [3.05, 3.63) is 76.0 Å². The lowest BCUT2D eigenvalue weighted by Crippen LogP contribution is -2.03. The van der Waals surface area contributed by atoms with Crippen LogP contribution in [0.2, 0.25) is 0 Å². The topological polar surface area (TPSA) is 141 Å². The summed E-state index contributed by atoms with van der Waals surface area (Å²) in [6.07, 6.45) is 1.38. The molecule has 2 heterocycles. The SMILES string of the molecule is COc1ccc(Nc2nc(CSc3nc(N)c(C#N)c(-c4ccc(CCCO)cc4)c3C#N)cs2)cc1F. The summed E-state index contributed by atoms with van der Waals surface area (Å²) in [5.41, 5.74) is 10.0. The zero-order chi connectivity index (χ0) is 27.1. The first-order chi connectivity index (χ1) is 18.5. The molecular formula is C27H23FN6O2S2. The zero-order valence-corrected chi connectivity index (χ0v) is 22.0. The van der Waals surface area contributed by atoms with E-state index in [1.54, 1.807) is 6.07 Å². The fourth-order valence-electron chi connectivity index (χ4n) is 3.75. The molecule has 0 bridgehead atoms. The van der Waals surface area contributed by atoms with Crippen LogP contribution in [-0.2, 0) is 12.2 Å². The normalized spacial score (nSPS) is 10.6. The molecule has 38 heavy (non-hydrogen) atoms. The second kappa shape index (κ2) is 12.4. The number of nitriles is 2. The predicted octanol–water partition coefficient (Wildman–Crippen LogP) is 5.64. The third-order valence-corrected chi connectivity index (χ3v) is 7.41. The number of hydrogen-bond donors (Lipinski definition) is 3. The Hall–Kier alpha value is -4.16. The van der Waals surface area contributed by atoms with Gasteiger partial charge in [-0.15, -0.1) is 11.3 Å². The van der Waals surface area contributed by atoms with Gasteiger partial charge in [0.25, 0.3) is 0 Å². The van der Waals surface area contributed by atoms with Gasteiger partial charge in [-0.3, -0.25) is 0 Å². The van der Waals surface area contributed by atoms with Crippen LogP contribution >= 0.6 is 23.1 Å². The van der Waals surface area contributed by atoms with E-state index in [1.807, 2.05) is 29.6 Å². The molecule has 0 atom stereocenters. The number of rotatable bonds is 10. The van der Waals surface area contributed by atoms with Gasteiger partial charge in [0.2, 0.25) is 0 Å². The largest absolute Gasteiger partial charge is 0.494 e. The molecule has 4 N–H and O–H groups in total. The number of nitrogen functional groups attached to an aromatic ring is 1. The molecule has 0 saturated carbocycles. The van der Waals surface area contributed by atoms with E-state index in [9.17, 15) is 14.9 Å². The Morgan fingerprint density at radius 1 is 1.13 bits per heavy atom. The standard InChI is InChI=1S/C27H23FN6O2S2/c1-36-23-9-8-18(11-22(23)28)32-27-33-19(15-38-27)14-37-26-21(13-30)24(20(12-29)25(31)34-26)17-6-4-16(5-7-17)3-2-10-35/h4-9,11,15,35H,2-3,10,14H2,1H3,(H2,31,34)(H,32,33). The molecule has 4 rings (SSSR count). The summed E-state index contributed by atoms with van der Waals surface area (Å²) in [6.45, 7) is 0.108. The van der Waals surface area contributed by atoms with Gasteiger partial charge < -0.3 is 20.9 Å². The molecule has 11 heteroatoms. The van der Waals surface area contributed by atoms with E-state index in [-0.39, 0.29) is 29.3 Å². The van der Waals surface area contributed by atoms with Gasteiger partial charge in [0.15, 0.2) is 16.7 Å². The number of aliphatic hydroxyl groups excluding tert-OH is 1. The number of ether oxygens (including phenoxy) is 1. The Balaban J connectivity index is 1.56. The molecule has 8 nitrogen and oxygen atoms in total. The highest BCUT2D eigenvalue weighted by atomic mass is 32.2. The third kappa shape index (κ3) is 6.03. The van der Waals surface area contributed by atoms with Gasteiger partial charge >= 0.3 is 0 Å². The number of pyridine rings is 1. The maximum absolute atomic E-state index is 14.0. The monoisotopic (exact) mass is 546 g/mol. The maximum atomic E-state index is 14.0. The van der Waals surface area contributed by atoms with Crippen LogP contribution in [-0.4, -0.2) is 28.8 Å².